The van der Waals surface area contributed by atoms with Gasteiger partial charge in [0.15, 0.2) is 5.69 Å². The highest BCUT2D eigenvalue weighted by Gasteiger charge is 2.29. The lowest BCUT2D eigenvalue weighted by molar-refractivity contribution is -0.116. The molecule has 210 valence electrons. The van der Waals surface area contributed by atoms with E-state index in [0.717, 1.165) is 53.9 Å². The van der Waals surface area contributed by atoms with E-state index in [2.05, 4.69) is 15.2 Å². The van der Waals surface area contributed by atoms with Crippen LogP contribution in [0.15, 0.2) is 79.1 Å². The average molecular weight is 549 g/mol. The van der Waals surface area contributed by atoms with Crippen LogP contribution >= 0.6 is 0 Å². The number of nitrogens with one attached hydrogen (secondary N) is 1. The molecule has 3 heterocycles. The summed E-state index contributed by atoms with van der Waals surface area (Å²) in [5.74, 6) is -0.168. The van der Waals surface area contributed by atoms with Crippen molar-refractivity contribution < 1.29 is 9.59 Å². The number of fused-ring (bicyclic) bond motifs is 1. The summed E-state index contributed by atoms with van der Waals surface area (Å²) in [7, 11) is 0. The molecule has 1 N–H and O–H groups in total. The summed E-state index contributed by atoms with van der Waals surface area (Å²) in [4.78, 5) is 34.5. The third-order valence-electron chi connectivity index (χ3n) is 8.24. The van der Waals surface area contributed by atoms with Gasteiger partial charge in [0, 0.05) is 62.6 Å². The number of rotatable bonds is 7. The number of nitrogens with zero attached hydrogens (tertiary/aromatic N) is 5. The maximum atomic E-state index is 13.7. The summed E-state index contributed by atoms with van der Waals surface area (Å²) in [6.45, 7) is 3.79. The molecule has 0 spiro atoms. The van der Waals surface area contributed by atoms with Crippen molar-refractivity contribution in [2.75, 3.05) is 26.2 Å². The van der Waals surface area contributed by atoms with Gasteiger partial charge in [-0.25, -0.2) is 4.68 Å². The number of piperazine rings is 1. The molecule has 0 atom stereocenters. The summed E-state index contributed by atoms with van der Waals surface area (Å²) in [5.41, 5.74) is 4.11. The minimum atomic E-state index is -0.168. The molecule has 2 aromatic heterocycles. The molecule has 41 heavy (non-hydrogen) atoms. The molecule has 2 fully saturated rings. The van der Waals surface area contributed by atoms with Gasteiger partial charge >= 0.3 is 0 Å². The SMILES string of the molecule is O=C(C=Cc1ccc(-n2nc(C(=O)N3CCN(C4CCCCC4)CC3)c3ccccc32)cc1)NCc1cccnc1. The van der Waals surface area contributed by atoms with Crippen molar-refractivity contribution in [1.82, 2.24) is 29.9 Å². The quantitative estimate of drug-likeness (QED) is 0.334. The van der Waals surface area contributed by atoms with E-state index in [4.69, 9.17) is 5.10 Å². The van der Waals surface area contributed by atoms with E-state index in [0.29, 0.717) is 18.3 Å². The molecule has 4 aromatic rings. The lowest BCUT2D eigenvalue weighted by Crippen LogP contribution is -2.52. The zero-order valence-corrected chi connectivity index (χ0v) is 23.3. The van der Waals surface area contributed by atoms with Gasteiger partial charge in [0.25, 0.3) is 5.91 Å². The molecule has 0 unspecified atom stereocenters. The Hall–Kier alpha value is -4.30. The molecule has 1 saturated carbocycles. The van der Waals surface area contributed by atoms with Gasteiger partial charge in [0.2, 0.25) is 5.91 Å². The fourth-order valence-electron chi connectivity index (χ4n) is 5.96. The van der Waals surface area contributed by atoms with Crippen molar-refractivity contribution in [2.45, 2.75) is 44.7 Å². The van der Waals surface area contributed by atoms with E-state index < -0.39 is 0 Å². The Bertz CT molecular complexity index is 1510. The Kier molecular flexibility index (Phi) is 8.18. The molecule has 2 aliphatic rings. The Morgan fingerprint density at radius 1 is 0.902 bits per heavy atom. The number of hydrogen-bond acceptors (Lipinski definition) is 5. The third-order valence-corrected chi connectivity index (χ3v) is 8.24. The molecule has 1 aliphatic heterocycles. The van der Waals surface area contributed by atoms with Gasteiger partial charge < -0.3 is 10.2 Å². The van der Waals surface area contributed by atoms with Crippen LogP contribution in [0.25, 0.3) is 22.7 Å². The van der Waals surface area contributed by atoms with E-state index >= 15 is 0 Å². The minimum Gasteiger partial charge on any atom is -0.348 e. The predicted octanol–water partition coefficient (Wildman–Crippen LogP) is 4.84. The van der Waals surface area contributed by atoms with Crippen LogP contribution in [0.3, 0.4) is 0 Å². The van der Waals surface area contributed by atoms with Gasteiger partial charge in [0.1, 0.15) is 0 Å². The standard InChI is InChI=1S/C33H36N6O2/c40-31(35-24-26-7-6-18-34-23-26)17-14-25-12-15-28(16-13-25)39-30-11-5-4-10-29(30)32(36-39)33(41)38-21-19-37(20-22-38)27-8-2-1-3-9-27/h4-7,10-18,23,27H,1-3,8-9,19-22,24H2,(H,35,40). The lowest BCUT2D eigenvalue weighted by Gasteiger charge is -2.40. The Balaban J connectivity index is 1.13. The van der Waals surface area contributed by atoms with Crippen LogP contribution in [0, 0.1) is 0 Å². The number of aromatic nitrogens is 3. The highest BCUT2D eigenvalue weighted by atomic mass is 16.2. The Morgan fingerprint density at radius 3 is 2.44 bits per heavy atom. The predicted molar refractivity (Wildman–Crippen MR) is 161 cm³/mol. The van der Waals surface area contributed by atoms with Crippen LogP contribution < -0.4 is 5.32 Å². The van der Waals surface area contributed by atoms with E-state index in [1.165, 1.54) is 38.2 Å². The van der Waals surface area contributed by atoms with Crippen LogP contribution in [0.5, 0.6) is 0 Å². The average Bonchev–Trinajstić information content (AvgIpc) is 3.43. The fraction of sp³-hybridized carbons (Fsp3) is 0.333. The summed E-state index contributed by atoms with van der Waals surface area (Å²) < 4.78 is 1.84. The second-order valence-electron chi connectivity index (χ2n) is 10.9. The van der Waals surface area contributed by atoms with Crippen LogP contribution in [-0.4, -0.2) is 68.6 Å². The normalized spacial score (nSPS) is 16.8. The first-order valence-electron chi connectivity index (χ1n) is 14.6. The number of pyridine rings is 1. The lowest BCUT2D eigenvalue weighted by atomic mass is 9.94. The largest absolute Gasteiger partial charge is 0.348 e. The Morgan fingerprint density at radius 2 is 1.68 bits per heavy atom. The number of para-hydroxylation sites is 1. The number of benzene rings is 2. The van der Waals surface area contributed by atoms with Crippen LogP contribution in [-0.2, 0) is 11.3 Å². The van der Waals surface area contributed by atoms with Crippen LogP contribution in [0.4, 0.5) is 0 Å². The van der Waals surface area contributed by atoms with Crippen molar-refractivity contribution in [2.24, 2.45) is 0 Å². The first-order chi connectivity index (χ1) is 20.2. The second-order valence-corrected chi connectivity index (χ2v) is 10.9. The minimum absolute atomic E-state index is 0.0000870. The number of hydrogen-bond donors (Lipinski definition) is 1. The molecule has 2 aromatic carbocycles. The summed E-state index contributed by atoms with van der Waals surface area (Å²) in [5, 5.41) is 8.56. The molecule has 2 amide bonds. The summed E-state index contributed by atoms with van der Waals surface area (Å²) >= 11 is 0. The zero-order valence-electron chi connectivity index (χ0n) is 23.3. The van der Waals surface area contributed by atoms with Gasteiger partial charge in [-0.3, -0.25) is 19.5 Å². The maximum absolute atomic E-state index is 13.7. The van der Waals surface area contributed by atoms with Crippen molar-refractivity contribution in [3.8, 4) is 5.69 Å². The van der Waals surface area contributed by atoms with Crippen molar-refractivity contribution >= 4 is 28.8 Å². The molecule has 6 rings (SSSR count). The van der Waals surface area contributed by atoms with E-state index in [-0.39, 0.29) is 11.8 Å². The van der Waals surface area contributed by atoms with Crippen LogP contribution in [0.2, 0.25) is 0 Å². The summed E-state index contributed by atoms with van der Waals surface area (Å²) in [6.07, 6.45) is 13.3. The topological polar surface area (TPSA) is 83.4 Å². The molecule has 0 bridgehead atoms. The van der Waals surface area contributed by atoms with Crippen molar-refractivity contribution in [3.63, 3.8) is 0 Å². The molecule has 8 heteroatoms. The molecule has 1 aliphatic carbocycles. The highest BCUT2D eigenvalue weighted by molar-refractivity contribution is 6.05. The van der Waals surface area contributed by atoms with Gasteiger partial charge in [-0.1, -0.05) is 55.7 Å². The van der Waals surface area contributed by atoms with Gasteiger partial charge in [-0.15, -0.1) is 0 Å². The van der Waals surface area contributed by atoms with Crippen molar-refractivity contribution in [3.05, 3.63) is 96.0 Å². The number of amides is 2. The van der Waals surface area contributed by atoms with Crippen molar-refractivity contribution in [1.29, 1.82) is 0 Å². The highest BCUT2D eigenvalue weighted by Crippen LogP contribution is 2.26. The number of carbonyl (C=O) groups excluding carboxylic acids is 2. The molecule has 0 radical (unpaired) electrons. The smallest absolute Gasteiger partial charge is 0.275 e. The third kappa shape index (κ3) is 6.23. The maximum Gasteiger partial charge on any atom is 0.275 e. The number of carbonyl (C=O) groups is 2. The van der Waals surface area contributed by atoms with E-state index in [1.54, 1.807) is 18.5 Å². The summed E-state index contributed by atoms with van der Waals surface area (Å²) in [6, 6.07) is 20.2. The zero-order chi connectivity index (χ0) is 28.0. The van der Waals surface area contributed by atoms with E-state index in [1.807, 2.05) is 70.2 Å². The first-order valence-corrected chi connectivity index (χ1v) is 14.6. The molecule has 1 saturated heterocycles. The van der Waals surface area contributed by atoms with Gasteiger partial charge in [0.05, 0.1) is 11.2 Å². The van der Waals surface area contributed by atoms with Gasteiger partial charge in [-0.05, 0) is 54.3 Å². The molecule has 8 nitrogen and oxygen atoms in total. The first kappa shape index (κ1) is 26.9. The monoisotopic (exact) mass is 548 g/mol. The van der Waals surface area contributed by atoms with E-state index in [9.17, 15) is 9.59 Å². The fourth-order valence-corrected chi connectivity index (χ4v) is 5.96. The molecular weight excluding hydrogens is 512 g/mol. The van der Waals surface area contributed by atoms with Gasteiger partial charge in [-0.2, -0.15) is 5.10 Å². The molecular formula is C33H36N6O2. The second kappa shape index (κ2) is 12.5. The van der Waals surface area contributed by atoms with Crippen LogP contribution in [0.1, 0.15) is 53.7 Å². The Labute approximate surface area is 240 Å².